The number of hydrogen-bond acceptors (Lipinski definition) is 8. The van der Waals surface area contributed by atoms with Gasteiger partial charge in [0.25, 0.3) is 0 Å². The number of β-amino-alcohol motifs (C(OH)–C–C–N with tert-alkyl or cyclic N) is 1. The first-order chi connectivity index (χ1) is 14.9. The van der Waals surface area contributed by atoms with Crippen LogP contribution in [-0.4, -0.2) is 60.0 Å². The van der Waals surface area contributed by atoms with Crippen molar-refractivity contribution in [2.75, 3.05) is 29.8 Å². The van der Waals surface area contributed by atoms with E-state index in [0.29, 0.717) is 31.5 Å². The second kappa shape index (κ2) is 7.61. The van der Waals surface area contributed by atoms with E-state index in [1.165, 1.54) is 13.4 Å². The zero-order valence-corrected chi connectivity index (χ0v) is 17.8. The fourth-order valence-corrected chi connectivity index (χ4v) is 5.25. The molecule has 9 nitrogen and oxygen atoms in total. The van der Waals surface area contributed by atoms with E-state index < -0.39 is 10.0 Å². The molecule has 3 heterocycles. The number of sulfonamides is 1. The van der Waals surface area contributed by atoms with Gasteiger partial charge in [-0.2, -0.15) is 0 Å². The molecular weight excluding hydrogens is 418 g/mol. The minimum absolute atomic E-state index is 0.226. The maximum absolute atomic E-state index is 12.4. The third-order valence-electron chi connectivity index (χ3n) is 5.67. The van der Waals surface area contributed by atoms with Gasteiger partial charge in [-0.15, -0.1) is 0 Å². The van der Waals surface area contributed by atoms with Gasteiger partial charge >= 0.3 is 0 Å². The number of hydrogen-bond donors (Lipinski definition) is 2. The molecule has 1 saturated heterocycles. The van der Waals surface area contributed by atoms with Crippen LogP contribution in [0.15, 0.2) is 36.8 Å². The van der Waals surface area contributed by atoms with Gasteiger partial charge < -0.3 is 14.7 Å². The zero-order chi connectivity index (χ0) is 21.6. The Morgan fingerprint density at radius 1 is 1.13 bits per heavy atom. The molecule has 1 atom stereocenters. The van der Waals surface area contributed by atoms with Crippen LogP contribution in [-0.2, 0) is 10.0 Å². The van der Waals surface area contributed by atoms with E-state index in [-0.39, 0.29) is 17.2 Å². The van der Waals surface area contributed by atoms with Crippen LogP contribution >= 0.6 is 0 Å². The SMILES string of the molecule is COc1ncc(-c2ccc3ncnc(N4CCC(O)C4)c3c2)cc1NS(=O)(=O)C1CC1. The number of ether oxygens (including phenoxy) is 1. The normalized spacial score (nSPS) is 19.0. The highest BCUT2D eigenvalue weighted by molar-refractivity contribution is 7.93. The Hall–Kier alpha value is -2.98. The predicted octanol–water partition coefficient (Wildman–Crippen LogP) is 2.18. The predicted molar refractivity (Wildman–Crippen MR) is 118 cm³/mol. The molecule has 1 aromatic carbocycles. The number of fused-ring (bicyclic) bond motifs is 1. The van der Waals surface area contributed by atoms with Crippen LogP contribution in [0.5, 0.6) is 5.88 Å². The average Bonchev–Trinajstić information content (AvgIpc) is 3.55. The van der Waals surface area contributed by atoms with Crippen molar-refractivity contribution in [3.05, 3.63) is 36.8 Å². The molecule has 2 fully saturated rings. The second-order valence-electron chi connectivity index (χ2n) is 7.94. The lowest BCUT2D eigenvalue weighted by Gasteiger charge is -2.18. The number of aromatic nitrogens is 3. The molecule has 2 aliphatic rings. The Morgan fingerprint density at radius 2 is 1.97 bits per heavy atom. The summed E-state index contributed by atoms with van der Waals surface area (Å²) in [5, 5.41) is 10.4. The fourth-order valence-electron chi connectivity index (χ4n) is 3.87. The molecule has 1 saturated carbocycles. The van der Waals surface area contributed by atoms with Crippen LogP contribution < -0.4 is 14.4 Å². The molecule has 162 valence electrons. The summed E-state index contributed by atoms with van der Waals surface area (Å²) >= 11 is 0. The van der Waals surface area contributed by atoms with Crippen molar-refractivity contribution in [2.24, 2.45) is 0 Å². The Bertz CT molecular complexity index is 1250. The lowest BCUT2D eigenvalue weighted by atomic mass is 10.0. The van der Waals surface area contributed by atoms with Gasteiger partial charge in [0, 0.05) is 30.2 Å². The number of benzene rings is 1. The highest BCUT2D eigenvalue weighted by Gasteiger charge is 2.36. The Labute approximate surface area is 180 Å². The summed E-state index contributed by atoms with van der Waals surface area (Å²) < 4.78 is 32.8. The monoisotopic (exact) mass is 441 g/mol. The molecule has 0 spiro atoms. The molecule has 1 aliphatic carbocycles. The van der Waals surface area contributed by atoms with E-state index in [9.17, 15) is 13.5 Å². The zero-order valence-electron chi connectivity index (χ0n) is 17.0. The molecule has 1 unspecified atom stereocenters. The molecule has 0 bridgehead atoms. The Morgan fingerprint density at radius 3 is 2.68 bits per heavy atom. The molecular formula is C21H23N5O4S. The highest BCUT2D eigenvalue weighted by atomic mass is 32.2. The summed E-state index contributed by atoms with van der Waals surface area (Å²) in [6, 6.07) is 7.52. The van der Waals surface area contributed by atoms with Gasteiger partial charge in [-0.3, -0.25) is 4.72 Å². The molecule has 10 heteroatoms. The third-order valence-corrected chi connectivity index (χ3v) is 7.52. The van der Waals surface area contributed by atoms with E-state index >= 15 is 0 Å². The summed E-state index contributed by atoms with van der Waals surface area (Å²) in [6.07, 6.45) is 4.87. The molecule has 1 aliphatic heterocycles. The minimum atomic E-state index is -3.45. The number of aliphatic hydroxyl groups excluding tert-OH is 1. The number of aliphatic hydroxyl groups is 1. The Balaban J connectivity index is 1.55. The molecule has 5 rings (SSSR count). The number of nitrogens with one attached hydrogen (secondary N) is 1. The van der Waals surface area contributed by atoms with Gasteiger partial charge in [-0.05, 0) is 43.0 Å². The van der Waals surface area contributed by atoms with E-state index in [2.05, 4.69) is 24.6 Å². The molecule has 0 radical (unpaired) electrons. The van der Waals surface area contributed by atoms with Gasteiger partial charge in [0.05, 0.1) is 24.0 Å². The average molecular weight is 442 g/mol. The number of methoxy groups -OCH3 is 1. The van der Waals surface area contributed by atoms with Gasteiger partial charge in [0.2, 0.25) is 15.9 Å². The lowest BCUT2D eigenvalue weighted by Crippen LogP contribution is -2.22. The van der Waals surface area contributed by atoms with Crippen molar-refractivity contribution >= 4 is 32.4 Å². The van der Waals surface area contributed by atoms with Crippen LogP contribution in [0.1, 0.15) is 19.3 Å². The van der Waals surface area contributed by atoms with Crippen LogP contribution in [0.3, 0.4) is 0 Å². The first kappa shape index (κ1) is 20.0. The number of nitrogens with zero attached hydrogens (tertiary/aromatic N) is 4. The molecule has 31 heavy (non-hydrogen) atoms. The van der Waals surface area contributed by atoms with Crippen LogP contribution in [0.25, 0.3) is 22.0 Å². The molecule has 2 aromatic heterocycles. The first-order valence-corrected chi connectivity index (χ1v) is 11.7. The Kier molecular flexibility index (Phi) is 4.90. The van der Waals surface area contributed by atoms with E-state index in [0.717, 1.165) is 34.4 Å². The summed E-state index contributed by atoms with van der Waals surface area (Å²) in [4.78, 5) is 15.2. The number of pyridine rings is 1. The maximum atomic E-state index is 12.4. The van der Waals surface area contributed by atoms with E-state index in [1.54, 1.807) is 12.3 Å². The first-order valence-electron chi connectivity index (χ1n) is 10.2. The standard InChI is InChI=1S/C21H23N5O4S/c1-30-21-19(25-31(28,29)16-3-4-16)9-14(10-22-21)13-2-5-18-17(8-13)20(24-12-23-18)26-7-6-15(27)11-26/h2,5,8-10,12,15-16,25,27H,3-4,6-7,11H2,1H3. The quantitative estimate of drug-likeness (QED) is 0.598. The third kappa shape index (κ3) is 3.88. The fraction of sp³-hybridized carbons (Fsp3) is 0.381. The van der Waals surface area contributed by atoms with Gasteiger partial charge in [-0.1, -0.05) is 6.07 Å². The van der Waals surface area contributed by atoms with Gasteiger partial charge in [0.15, 0.2) is 0 Å². The smallest absolute Gasteiger partial charge is 0.238 e. The van der Waals surface area contributed by atoms with Crippen molar-refractivity contribution in [1.29, 1.82) is 0 Å². The van der Waals surface area contributed by atoms with Crippen LogP contribution in [0.2, 0.25) is 0 Å². The maximum Gasteiger partial charge on any atom is 0.238 e. The number of rotatable bonds is 6. The summed E-state index contributed by atoms with van der Waals surface area (Å²) in [5.41, 5.74) is 2.71. The summed E-state index contributed by atoms with van der Waals surface area (Å²) in [6.45, 7) is 1.27. The van der Waals surface area contributed by atoms with Gasteiger partial charge in [0.1, 0.15) is 17.8 Å². The van der Waals surface area contributed by atoms with Gasteiger partial charge in [-0.25, -0.2) is 23.4 Å². The van der Waals surface area contributed by atoms with E-state index in [4.69, 9.17) is 4.74 Å². The van der Waals surface area contributed by atoms with Crippen molar-refractivity contribution in [1.82, 2.24) is 15.0 Å². The van der Waals surface area contributed by atoms with Crippen molar-refractivity contribution in [3.63, 3.8) is 0 Å². The van der Waals surface area contributed by atoms with E-state index in [1.807, 2.05) is 18.2 Å². The summed E-state index contributed by atoms with van der Waals surface area (Å²) in [5.74, 6) is 1.00. The summed E-state index contributed by atoms with van der Waals surface area (Å²) in [7, 11) is -1.99. The molecule has 3 aromatic rings. The second-order valence-corrected chi connectivity index (χ2v) is 9.91. The van der Waals surface area contributed by atoms with Crippen LogP contribution in [0.4, 0.5) is 11.5 Å². The topological polar surface area (TPSA) is 118 Å². The number of anilines is 2. The van der Waals surface area contributed by atoms with Crippen molar-refractivity contribution in [3.8, 4) is 17.0 Å². The molecule has 0 amide bonds. The van der Waals surface area contributed by atoms with Crippen molar-refractivity contribution < 1.29 is 18.3 Å². The lowest BCUT2D eigenvalue weighted by molar-refractivity contribution is 0.198. The van der Waals surface area contributed by atoms with Crippen LogP contribution in [0, 0.1) is 0 Å². The van der Waals surface area contributed by atoms with Crippen molar-refractivity contribution in [2.45, 2.75) is 30.6 Å². The minimum Gasteiger partial charge on any atom is -0.480 e. The largest absolute Gasteiger partial charge is 0.480 e. The highest BCUT2D eigenvalue weighted by Crippen LogP contribution is 2.35. The molecule has 2 N–H and O–H groups in total.